The molecule has 1 aliphatic heterocycles. The Balaban J connectivity index is 1.83. The van der Waals surface area contributed by atoms with Crippen molar-refractivity contribution < 1.29 is 19.1 Å². The van der Waals surface area contributed by atoms with Gasteiger partial charge in [0.05, 0.1) is 13.2 Å². The van der Waals surface area contributed by atoms with Crippen LogP contribution in [0.25, 0.3) is 0 Å². The van der Waals surface area contributed by atoms with Gasteiger partial charge in [0.2, 0.25) is 6.10 Å². The van der Waals surface area contributed by atoms with Crippen molar-refractivity contribution in [2.75, 3.05) is 26.3 Å². The van der Waals surface area contributed by atoms with Crippen LogP contribution in [0.15, 0.2) is 54.6 Å². The Morgan fingerprint density at radius 1 is 1.00 bits per heavy atom. The Hall–Kier alpha value is -2.66. The number of Topliss-reactive ketones (excluding diaryl/α,β-unsaturated/α-hetero) is 1. The largest absolute Gasteiger partial charge is 0.476 e. The highest BCUT2D eigenvalue weighted by Gasteiger charge is 2.29. The summed E-state index contributed by atoms with van der Waals surface area (Å²) in [6.45, 7) is 3.73. The number of carbonyl (C=O) groups excluding carboxylic acids is 2. The van der Waals surface area contributed by atoms with E-state index in [9.17, 15) is 9.59 Å². The third-order valence-corrected chi connectivity index (χ3v) is 4.16. The molecule has 1 saturated heterocycles. The molecule has 2 aromatic rings. The first kappa shape index (κ1) is 17.2. The first-order chi connectivity index (χ1) is 12.1. The van der Waals surface area contributed by atoms with Crippen LogP contribution >= 0.6 is 0 Å². The summed E-state index contributed by atoms with van der Waals surface area (Å²) >= 11 is 0. The molecule has 1 amide bonds. The van der Waals surface area contributed by atoms with E-state index >= 15 is 0 Å². The number of hydrogen-bond donors (Lipinski definition) is 0. The van der Waals surface area contributed by atoms with E-state index in [2.05, 4.69) is 0 Å². The second kappa shape index (κ2) is 7.94. The number of nitrogens with zero attached hydrogens (tertiary/aromatic N) is 1. The molecular formula is C20H21NO4. The summed E-state index contributed by atoms with van der Waals surface area (Å²) in [6, 6.07) is 16.3. The van der Waals surface area contributed by atoms with Crippen molar-refractivity contribution in [1.82, 2.24) is 4.90 Å². The average Bonchev–Trinajstić information content (AvgIpc) is 2.67. The summed E-state index contributed by atoms with van der Waals surface area (Å²) in [5, 5.41) is 0. The summed E-state index contributed by atoms with van der Waals surface area (Å²) in [5.74, 6) is 0.473. The fourth-order valence-corrected chi connectivity index (χ4v) is 2.74. The van der Waals surface area contributed by atoms with E-state index in [1.54, 1.807) is 29.2 Å². The second-order valence-electron chi connectivity index (χ2n) is 5.93. The number of rotatable bonds is 5. The van der Waals surface area contributed by atoms with Gasteiger partial charge in [-0.15, -0.1) is 0 Å². The van der Waals surface area contributed by atoms with Crippen molar-refractivity contribution in [1.29, 1.82) is 0 Å². The molecule has 130 valence electrons. The maximum atomic E-state index is 13.0. The molecule has 1 atom stereocenters. The van der Waals surface area contributed by atoms with Crippen molar-refractivity contribution >= 4 is 11.7 Å². The molecule has 0 unspecified atom stereocenters. The van der Waals surface area contributed by atoms with Gasteiger partial charge in [-0.3, -0.25) is 9.59 Å². The standard InChI is InChI=1S/C20H21NO4/c1-15(22)16-7-9-18(10-8-16)25-19(17-5-3-2-4-6-17)20(23)21-11-13-24-14-12-21/h2-10,19H,11-14H2,1H3/t19-/m1/s1. The predicted molar refractivity (Wildman–Crippen MR) is 93.7 cm³/mol. The van der Waals surface area contributed by atoms with Crippen LogP contribution in [-0.2, 0) is 9.53 Å². The Morgan fingerprint density at radius 2 is 1.64 bits per heavy atom. The zero-order chi connectivity index (χ0) is 17.6. The summed E-state index contributed by atoms with van der Waals surface area (Å²) in [6.07, 6.45) is -0.720. The second-order valence-corrected chi connectivity index (χ2v) is 5.93. The van der Waals surface area contributed by atoms with E-state index in [4.69, 9.17) is 9.47 Å². The van der Waals surface area contributed by atoms with E-state index in [-0.39, 0.29) is 11.7 Å². The molecule has 5 heteroatoms. The molecule has 0 saturated carbocycles. The van der Waals surface area contributed by atoms with Crippen LogP contribution in [0.5, 0.6) is 5.75 Å². The number of morpholine rings is 1. The Morgan fingerprint density at radius 3 is 2.24 bits per heavy atom. The van der Waals surface area contributed by atoms with Crippen LogP contribution < -0.4 is 4.74 Å². The zero-order valence-corrected chi connectivity index (χ0v) is 14.2. The normalized spacial score (nSPS) is 15.5. The lowest BCUT2D eigenvalue weighted by molar-refractivity contribution is -0.143. The van der Waals surface area contributed by atoms with Gasteiger partial charge in [0, 0.05) is 24.2 Å². The fourth-order valence-electron chi connectivity index (χ4n) is 2.74. The maximum absolute atomic E-state index is 13.0. The fraction of sp³-hybridized carbons (Fsp3) is 0.300. The van der Waals surface area contributed by atoms with E-state index in [1.165, 1.54) is 6.92 Å². The van der Waals surface area contributed by atoms with Crippen molar-refractivity contribution in [2.24, 2.45) is 0 Å². The first-order valence-corrected chi connectivity index (χ1v) is 8.34. The molecule has 0 bridgehead atoms. The molecule has 1 fully saturated rings. The van der Waals surface area contributed by atoms with E-state index in [0.29, 0.717) is 37.6 Å². The van der Waals surface area contributed by atoms with Crippen molar-refractivity contribution in [2.45, 2.75) is 13.0 Å². The van der Waals surface area contributed by atoms with Gasteiger partial charge in [0.15, 0.2) is 5.78 Å². The minimum absolute atomic E-state index is 0.00412. The van der Waals surface area contributed by atoms with Crippen LogP contribution in [0.3, 0.4) is 0 Å². The molecule has 0 N–H and O–H groups in total. The number of amides is 1. The number of ketones is 1. The topological polar surface area (TPSA) is 55.8 Å². The van der Waals surface area contributed by atoms with Crippen LogP contribution in [0.4, 0.5) is 0 Å². The van der Waals surface area contributed by atoms with Gasteiger partial charge < -0.3 is 14.4 Å². The van der Waals surface area contributed by atoms with E-state index in [0.717, 1.165) is 5.56 Å². The number of hydrogen-bond acceptors (Lipinski definition) is 4. The molecule has 0 radical (unpaired) electrons. The van der Waals surface area contributed by atoms with Crippen LogP contribution in [0.2, 0.25) is 0 Å². The molecule has 3 rings (SSSR count). The number of benzene rings is 2. The monoisotopic (exact) mass is 339 g/mol. The number of ether oxygens (including phenoxy) is 2. The highest BCUT2D eigenvalue weighted by Crippen LogP contribution is 2.25. The summed E-state index contributed by atoms with van der Waals surface area (Å²) in [5.41, 5.74) is 1.41. The first-order valence-electron chi connectivity index (χ1n) is 8.34. The molecule has 25 heavy (non-hydrogen) atoms. The third kappa shape index (κ3) is 4.25. The van der Waals surface area contributed by atoms with E-state index < -0.39 is 6.10 Å². The molecule has 1 aliphatic rings. The zero-order valence-electron chi connectivity index (χ0n) is 14.2. The maximum Gasteiger partial charge on any atom is 0.268 e. The molecular weight excluding hydrogens is 318 g/mol. The molecule has 0 aliphatic carbocycles. The molecule has 5 nitrogen and oxygen atoms in total. The quantitative estimate of drug-likeness (QED) is 0.786. The van der Waals surface area contributed by atoms with Gasteiger partial charge in [-0.25, -0.2) is 0 Å². The minimum atomic E-state index is -0.720. The lowest BCUT2D eigenvalue weighted by Crippen LogP contribution is -2.44. The lowest BCUT2D eigenvalue weighted by Gasteiger charge is -2.30. The summed E-state index contributed by atoms with van der Waals surface area (Å²) in [4.78, 5) is 26.1. The Bertz CT molecular complexity index is 721. The van der Waals surface area contributed by atoms with Crippen molar-refractivity contribution in [3.05, 3.63) is 65.7 Å². The van der Waals surface area contributed by atoms with Gasteiger partial charge in [-0.2, -0.15) is 0 Å². The van der Waals surface area contributed by atoms with Gasteiger partial charge >= 0.3 is 0 Å². The minimum Gasteiger partial charge on any atom is -0.476 e. The van der Waals surface area contributed by atoms with Crippen LogP contribution in [0.1, 0.15) is 28.9 Å². The van der Waals surface area contributed by atoms with Crippen LogP contribution in [0, 0.1) is 0 Å². The molecule has 0 spiro atoms. The van der Waals surface area contributed by atoms with Crippen molar-refractivity contribution in [3.63, 3.8) is 0 Å². The van der Waals surface area contributed by atoms with E-state index in [1.807, 2.05) is 30.3 Å². The highest BCUT2D eigenvalue weighted by molar-refractivity contribution is 5.94. The van der Waals surface area contributed by atoms with Gasteiger partial charge in [-0.05, 0) is 31.2 Å². The van der Waals surface area contributed by atoms with Crippen molar-refractivity contribution in [3.8, 4) is 5.75 Å². The molecule has 2 aromatic carbocycles. The summed E-state index contributed by atoms with van der Waals surface area (Å²) in [7, 11) is 0. The summed E-state index contributed by atoms with van der Waals surface area (Å²) < 4.78 is 11.3. The lowest BCUT2D eigenvalue weighted by atomic mass is 10.1. The Labute approximate surface area is 147 Å². The third-order valence-electron chi connectivity index (χ3n) is 4.16. The predicted octanol–water partition coefficient (Wildman–Crippen LogP) is 2.87. The average molecular weight is 339 g/mol. The Kier molecular flexibility index (Phi) is 5.46. The van der Waals surface area contributed by atoms with Gasteiger partial charge in [0.25, 0.3) is 5.91 Å². The number of carbonyl (C=O) groups is 2. The van der Waals surface area contributed by atoms with Gasteiger partial charge in [-0.1, -0.05) is 30.3 Å². The smallest absolute Gasteiger partial charge is 0.268 e. The van der Waals surface area contributed by atoms with Gasteiger partial charge in [0.1, 0.15) is 5.75 Å². The highest BCUT2D eigenvalue weighted by atomic mass is 16.5. The SMILES string of the molecule is CC(=O)c1ccc(O[C@@H](C(=O)N2CCOCC2)c2ccccc2)cc1. The molecule has 0 aromatic heterocycles. The van der Waals surface area contributed by atoms with Crippen LogP contribution in [-0.4, -0.2) is 42.9 Å². The molecule has 1 heterocycles.